The molecule has 0 bridgehead atoms. The first-order valence-electron chi connectivity index (χ1n) is 7.34. The van der Waals surface area contributed by atoms with E-state index in [1.165, 1.54) is 5.56 Å². The van der Waals surface area contributed by atoms with Gasteiger partial charge in [-0.05, 0) is 38.2 Å². The highest BCUT2D eigenvalue weighted by Gasteiger charge is 2.22. The zero-order valence-corrected chi connectivity index (χ0v) is 12.7. The van der Waals surface area contributed by atoms with Crippen LogP contribution in [0.2, 0.25) is 0 Å². The molecule has 4 nitrogen and oxygen atoms in total. The number of nitrogens with one attached hydrogen (secondary N) is 1. The van der Waals surface area contributed by atoms with Crippen molar-refractivity contribution < 1.29 is 0 Å². The molecule has 0 radical (unpaired) electrons. The number of benzene rings is 1. The SMILES string of the molecule is CCNCc1ccc(N2CCN(C)C(C)C2)c(C#N)c1. The first-order valence-corrected chi connectivity index (χ1v) is 7.34. The predicted octanol–water partition coefficient (Wildman–Crippen LogP) is 1.81. The van der Waals surface area contributed by atoms with E-state index in [2.05, 4.69) is 54.2 Å². The van der Waals surface area contributed by atoms with Crippen molar-refractivity contribution in [3.8, 4) is 6.07 Å². The topological polar surface area (TPSA) is 42.3 Å². The highest BCUT2D eigenvalue weighted by Crippen LogP contribution is 2.24. The van der Waals surface area contributed by atoms with E-state index in [9.17, 15) is 5.26 Å². The Kier molecular flexibility index (Phi) is 4.99. The van der Waals surface area contributed by atoms with E-state index < -0.39 is 0 Å². The first kappa shape index (κ1) is 14.8. The van der Waals surface area contributed by atoms with Gasteiger partial charge in [0.2, 0.25) is 0 Å². The minimum Gasteiger partial charge on any atom is -0.368 e. The Bertz CT molecular complexity index is 492. The highest BCUT2D eigenvalue weighted by atomic mass is 15.3. The summed E-state index contributed by atoms with van der Waals surface area (Å²) in [7, 11) is 2.16. The molecule has 1 fully saturated rings. The van der Waals surface area contributed by atoms with Gasteiger partial charge in [0.05, 0.1) is 11.3 Å². The zero-order valence-electron chi connectivity index (χ0n) is 12.7. The number of hydrogen-bond donors (Lipinski definition) is 1. The molecule has 1 aliphatic rings. The summed E-state index contributed by atoms with van der Waals surface area (Å²) in [6.07, 6.45) is 0. The molecule has 1 heterocycles. The van der Waals surface area contributed by atoms with Crippen LogP contribution in [-0.4, -0.2) is 44.2 Å². The summed E-state index contributed by atoms with van der Waals surface area (Å²) in [5.41, 5.74) is 3.04. The van der Waals surface area contributed by atoms with Gasteiger partial charge in [-0.1, -0.05) is 13.0 Å². The van der Waals surface area contributed by atoms with Gasteiger partial charge in [0.1, 0.15) is 6.07 Å². The fourth-order valence-corrected chi connectivity index (χ4v) is 2.60. The quantitative estimate of drug-likeness (QED) is 0.907. The third kappa shape index (κ3) is 3.30. The van der Waals surface area contributed by atoms with Crippen LogP contribution in [0.15, 0.2) is 18.2 Å². The van der Waals surface area contributed by atoms with Crippen molar-refractivity contribution in [2.45, 2.75) is 26.4 Å². The Hall–Kier alpha value is -1.57. The Morgan fingerprint density at radius 1 is 1.40 bits per heavy atom. The van der Waals surface area contributed by atoms with E-state index in [1.807, 2.05) is 6.07 Å². The lowest BCUT2D eigenvalue weighted by Crippen LogP contribution is -2.50. The maximum atomic E-state index is 9.41. The normalized spacial score (nSPS) is 19.9. The van der Waals surface area contributed by atoms with Crippen molar-refractivity contribution in [3.63, 3.8) is 0 Å². The number of nitrogens with zero attached hydrogens (tertiary/aromatic N) is 3. The molecule has 2 rings (SSSR count). The monoisotopic (exact) mass is 272 g/mol. The van der Waals surface area contributed by atoms with E-state index in [4.69, 9.17) is 0 Å². The van der Waals surface area contributed by atoms with Crippen molar-refractivity contribution in [3.05, 3.63) is 29.3 Å². The van der Waals surface area contributed by atoms with Gasteiger partial charge in [-0.25, -0.2) is 0 Å². The molecule has 0 aromatic heterocycles. The Morgan fingerprint density at radius 2 is 2.20 bits per heavy atom. The average molecular weight is 272 g/mol. The molecule has 1 saturated heterocycles. The predicted molar refractivity (Wildman–Crippen MR) is 82.8 cm³/mol. The molecule has 1 aromatic carbocycles. The molecule has 1 aromatic rings. The summed E-state index contributed by atoms with van der Waals surface area (Å²) in [5, 5.41) is 12.7. The van der Waals surface area contributed by atoms with Crippen LogP contribution >= 0.6 is 0 Å². The Labute approximate surface area is 122 Å². The van der Waals surface area contributed by atoms with Gasteiger partial charge in [0.25, 0.3) is 0 Å². The largest absolute Gasteiger partial charge is 0.368 e. The van der Waals surface area contributed by atoms with Crippen LogP contribution in [-0.2, 0) is 6.54 Å². The maximum Gasteiger partial charge on any atom is 0.101 e. The lowest BCUT2D eigenvalue weighted by molar-refractivity contribution is 0.234. The molecule has 1 aliphatic heterocycles. The molecular weight excluding hydrogens is 248 g/mol. The molecular formula is C16H24N4. The summed E-state index contributed by atoms with van der Waals surface area (Å²) >= 11 is 0. The second kappa shape index (κ2) is 6.74. The number of rotatable bonds is 4. The summed E-state index contributed by atoms with van der Waals surface area (Å²) in [5.74, 6) is 0. The van der Waals surface area contributed by atoms with Crippen LogP contribution in [0.4, 0.5) is 5.69 Å². The van der Waals surface area contributed by atoms with Crippen molar-refractivity contribution in [1.29, 1.82) is 5.26 Å². The Balaban J connectivity index is 2.17. The second-order valence-electron chi connectivity index (χ2n) is 5.52. The summed E-state index contributed by atoms with van der Waals surface area (Å²) in [6, 6.07) is 9.12. The second-order valence-corrected chi connectivity index (χ2v) is 5.52. The number of likely N-dealkylation sites (N-methyl/N-ethyl adjacent to an activating group) is 1. The fourth-order valence-electron chi connectivity index (χ4n) is 2.60. The number of hydrogen-bond acceptors (Lipinski definition) is 4. The van der Waals surface area contributed by atoms with Gasteiger partial charge < -0.3 is 15.1 Å². The average Bonchev–Trinajstić information content (AvgIpc) is 2.47. The summed E-state index contributed by atoms with van der Waals surface area (Å²) < 4.78 is 0. The van der Waals surface area contributed by atoms with Crippen molar-refractivity contribution in [2.75, 3.05) is 38.1 Å². The van der Waals surface area contributed by atoms with Gasteiger partial charge >= 0.3 is 0 Å². The first-order chi connectivity index (χ1) is 9.65. The number of nitriles is 1. The van der Waals surface area contributed by atoms with Crippen molar-refractivity contribution in [2.24, 2.45) is 0 Å². The molecule has 0 aliphatic carbocycles. The van der Waals surface area contributed by atoms with Crippen LogP contribution in [0, 0.1) is 11.3 Å². The molecule has 108 valence electrons. The van der Waals surface area contributed by atoms with E-state index in [1.54, 1.807) is 0 Å². The highest BCUT2D eigenvalue weighted by molar-refractivity contribution is 5.61. The molecule has 1 atom stereocenters. The van der Waals surface area contributed by atoms with Gasteiger partial charge in [0.15, 0.2) is 0 Å². The van der Waals surface area contributed by atoms with Crippen LogP contribution in [0.5, 0.6) is 0 Å². The fraction of sp³-hybridized carbons (Fsp3) is 0.562. The lowest BCUT2D eigenvalue weighted by atomic mass is 10.1. The molecule has 0 spiro atoms. The third-order valence-electron chi connectivity index (χ3n) is 4.06. The molecule has 0 saturated carbocycles. The molecule has 20 heavy (non-hydrogen) atoms. The van der Waals surface area contributed by atoms with Gasteiger partial charge in [-0.15, -0.1) is 0 Å². The molecule has 4 heteroatoms. The smallest absolute Gasteiger partial charge is 0.101 e. The minimum absolute atomic E-state index is 0.525. The van der Waals surface area contributed by atoms with E-state index >= 15 is 0 Å². The standard InChI is InChI=1S/C16H24N4/c1-4-18-11-14-5-6-16(15(9-14)10-17)20-8-7-19(3)13(2)12-20/h5-6,9,13,18H,4,7-8,11-12H2,1-3H3. The summed E-state index contributed by atoms with van der Waals surface area (Å²) in [4.78, 5) is 4.70. The van der Waals surface area contributed by atoms with Crippen LogP contribution < -0.4 is 10.2 Å². The van der Waals surface area contributed by atoms with E-state index in [0.29, 0.717) is 6.04 Å². The lowest BCUT2D eigenvalue weighted by Gasteiger charge is -2.39. The molecule has 1 unspecified atom stereocenters. The Morgan fingerprint density at radius 3 is 2.85 bits per heavy atom. The van der Waals surface area contributed by atoms with Gasteiger partial charge in [0, 0.05) is 32.2 Å². The third-order valence-corrected chi connectivity index (χ3v) is 4.06. The van der Waals surface area contributed by atoms with Crippen LogP contribution in [0.3, 0.4) is 0 Å². The summed E-state index contributed by atoms with van der Waals surface area (Å²) in [6.45, 7) is 9.11. The van der Waals surface area contributed by atoms with E-state index in [0.717, 1.165) is 44.0 Å². The number of piperazine rings is 1. The van der Waals surface area contributed by atoms with Crippen molar-refractivity contribution >= 4 is 5.69 Å². The maximum absolute atomic E-state index is 9.41. The van der Waals surface area contributed by atoms with E-state index in [-0.39, 0.29) is 0 Å². The van der Waals surface area contributed by atoms with Gasteiger partial charge in [-0.3, -0.25) is 0 Å². The zero-order chi connectivity index (χ0) is 14.5. The number of anilines is 1. The van der Waals surface area contributed by atoms with Gasteiger partial charge in [-0.2, -0.15) is 5.26 Å². The van der Waals surface area contributed by atoms with Crippen LogP contribution in [0.25, 0.3) is 0 Å². The molecule has 0 amide bonds. The minimum atomic E-state index is 0.525. The van der Waals surface area contributed by atoms with Crippen molar-refractivity contribution in [1.82, 2.24) is 10.2 Å². The molecule has 1 N–H and O–H groups in total. The van der Waals surface area contributed by atoms with Crippen LogP contribution in [0.1, 0.15) is 25.0 Å².